The standard InChI is InChI=1S/C23H31N3O4/c1-17-6-5-7-18(2)23(17)24-22(29)15-26-12-10-25(11-13-26)14-19(27)16-30-21-9-4-3-8-20(21)28/h3-9,19,27-28H,10-16H2,1-2H3,(H,24,29)/i10D2,11D2,12D2,13D2. The molecule has 1 aliphatic heterocycles. The van der Waals surface area contributed by atoms with Crippen LogP contribution in [0.5, 0.6) is 11.5 Å². The highest BCUT2D eigenvalue weighted by atomic mass is 16.5. The molecule has 2 aromatic rings. The van der Waals surface area contributed by atoms with Crippen molar-refractivity contribution in [1.82, 2.24) is 9.80 Å². The third-order valence-corrected chi connectivity index (χ3v) is 4.38. The zero-order valence-electron chi connectivity index (χ0n) is 24.8. The van der Waals surface area contributed by atoms with Crippen molar-refractivity contribution in [2.24, 2.45) is 0 Å². The third-order valence-electron chi connectivity index (χ3n) is 4.38. The number of nitrogens with zero attached hydrogens (tertiary/aromatic N) is 2. The van der Waals surface area contributed by atoms with Crippen LogP contribution in [0.4, 0.5) is 5.69 Å². The van der Waals surface area contributed by atoms with Gasteiger partial charge in [0.2, 0.25) is 5.91 Å². The number of β-amino-alcohol motifs (C(OH)–C–C–N with tert-alkyl or cyclic N) is 1. The molecule has 1 atom stereocenters. The van der Waals surface area contributed by atoms with Gasteiger partial charge in [0, 0.05) is 49.2 Å². The number of ether oxygens (including phenoxy) is 1. The van der Waals surface area contributed by atoms with Crippen molar-refractivity contribution < 1.29 is 30.7 Å². The zero-order chi connectivity index (χ0) is 28.7. The van der Waals surface area contributed by atoms with Crippen LogP contribution in [-0.4, -0.2) is 77.7 Å². The molecule has 0 aromatic heterocycles. The second-order valence-electron chi connectivity index (χ2n) is 6.89. The number of carbonyl (C=O) groups is 1. The molecule has 1 fully saturated rings. The number of nitrogens with one attached hydrogen (secondary N) is 1. The molecular formula is C23H31N3O4. The summed E-state index contributed by atoms with van der Waals surface area (Å²) in [5, 5.41) is 22.9. The van der Waals surface area contributed by atoms with Crippen LogP contribution < -0.4 is 10.1 Å². The van der Waals surface area contributed by atoms with Gasteiger partial charge in [0.1, 0.15) is 12.7 Å². The summed E-state index contributed by atoms with van der Waals surface area (Å²) in [4.78, 5) is 13.4. The minimum atomic E-state index is -3.21. The Balaban J connectivity index is 1.84. The van der Waals surface area contributed by atoms with Crippen molar-refractivity contribution in [3.8, 4) is 11.5 Å². The Kier molecular flexibility index (Phi) is 4.74. The number of piperazine rings is 1. The van der Waals surface area contributed by atoms with E-state index in [2.05, 4.69) is 5.32 Å². The molecule has 0 aliphatic carbocycles. The largest absolute Gasteiger partial charge is 0.504 e. The van der Waals surface area contributed by atoms with Crippen LogP contribution in [0.1, 0.15) is 22.1 Å². The van der Waals surface area contributed by atoms with E-state index in [0.29, 0.717) is 16.8 Å². The molecule has 3 N–H and O–H groups in total. The lowest BCUT2D eigenvalue weighted by atomic mass is 10.1. The van der Waals surface area contributed by atoms with Crippen molar-refractivity contribution in [3.05, 3.63) is 53.6 Å². The first-order valence-corrected chi connectivity index (χ1v) is 9.45. The van der Waals surface area contributed by atoms with E-state index in [-0.39, 0.29) is 21.3 Å². The number of amides is 1. The fraction of sp³-hybridized carbons (Fsp3) is 0.435. The molecule has 3 rings (SSSR count). The molecule has 2 aromatic carbocycles. The highest BCUT2D eigenvalue weighted by Crippen LogP contribution is 2.24. The van der Waals surface area contributed by atoms with Gasteiger partial charge in [-0.1, -0.05) is 30.3 Å². The van der Waals surface area contributed by atoms with Crippen LogP contribution in [0.2, 0.25) is 0 Å². The SMILES string of the molecule is [2H]C1([2H])N(CC(=O)Nc2c(C)cccc2C)C([2H])([2H])C([2H])([2H])N(CC(O)COc2ccccc2O)C1([2H])[2H]. The van der Waals surface area contributed by atoms with Crippen LogP contribution in [0.25, 0.3) is 0 Å². The number of aliphatic hydroxyl groups excluding tert-OH is 1. The number of aromatic hydroxyl groups is 1. The molecule has 162 valence electrons. The molecule has 30 heavy (non-hydrogen) atoms. The van der Waals surface area contributed by atoms with E-state index < -0.39 is 57.7 Å². The first kappa shape index (κ1) is 13.6. The van der Waals surface area contributed by atoms with Crippen molar-refractivity contribution >= 4 is 11.6 Å². The minimum Gasteiger partial charge on any atom is -0.504 e. The second-order valence-corrected chi connectivity index (χ2v) is 6.89. The molecule has 1 saturated heterocycles. The molecule has 7 nitrogen and oxygen atoms in total. The Morgan fingerprint density at radius 2 is 1.73 bits per heavy atom. The molecule has 0 spiro atoms. The number of aryl methyl sites for hydroxylation is 2. The van der Waals surface area contributed by atoms with E-state index in [1.807, 2.05) is 0 Å². The number of carbonyl (C=O) groups excluding carboxylic acids is 1. The first-order chi connectivity index (χ1) is 17.4. The fourth-order valence-corrected chi connectivity index (χ4v) is 2.83. The molecule has 0 saturated carbocycles. The predicted molar refractivity (Wildman–Crippen MR) is 117 cm³/mol. The van der Waals surface area contributed by atoms with Crippen molar-refractivity contribution in [2.45, 2.75) is 20.0 Å². The smallest absolute Gasteiger partial charge is 0.238 e. The Morgan fingerprint density at radius 3 is 2.40 bits per heavy atom. The van der Waals surface area contributed by atoms with Crippen LogP contribution in [0.15, 0.2) is 42.5 Å². The highest BCUT2D eigenvalue weighted by Gasteiger charge is 2.21. The molecule has 1 heterocycles. The van der Waals surface area contributed by atoms with E-state index >= 15 is 0 Å². The third kappa shape index (κ3) is 6.19. The summed E-state index contributed by atoms with van der Waals surface area (Å²) in [5.41, 5.74) is 1.86. The molecular weight excluding hydrogens is 382 g/mol. The van der Waals surface area contributed by atoms with Gasteiger partial charge in [-0.05, 0) is 37.1 Å². The van der Waals surface area contributed by atoms with E-state index in [1.54, 1.807) is 44.2 Å². The van der Waals surface area contributed by atoms with Gasteiger partial charge in [0.25, 0.3) is 0 Å². The van der Waals surface area contributed by atoms with Gasteiger partial charge in [-0.3, -0.25) is 14.6 Å². The van der Waals surface area contributed by atoms with Gasteiger partial charge < -0.3 is 20.3 Å². The summed E-state index contributed by atoms with van der Waals surface area (Å²) in [6.07, 6.45) is -1.59. The lowest BCUT2D eigenvalue weighted by Gasteiger charge is -2.35. The van der Waals surface area contributed by atoms with Crippen LogP contribution >= 0.6 is 0 Å². The second kappa shape index (κ2) is 10.4. The van der Waals surface area contributed by atoms with Crippen LogP contribution in [-0.2, 0) is 4.79 Å². The number of phenols is 1. The Labute approximate surface area is 189 Å². The number of aliphatic hydroxyl groups is 1. The fourth-order valence-electron chi connectivity index (χ4n) is 2.83. The maximum atomic E-state index is 12.9. The molecule has 0 bridgehead atoms. The van der Waals surface area contributed by atoms with Crippen LogP contribution in [0, 0.1) is 13.8 Å². The number of phenolic OH excluding ortho intramolecular Hbond substituents is 1. The van der Waals surface area contributed by atoms with Gasteiger partial charge in [-0.2, -0.15) is 0 Å². The molecule has 7 heteroatoms. The van der Waals surface area contributed by atoms with Gasteiger partial charge in [-0.15, -0.1) is 0 Å². The maximum absolute atomic E-state index is 12.9. The Hall–Kier alpha value is -2.61. The number of para-hydroxylation sites is 3. The number of rotatable bonds is 8. The van der Waals surface area contributed by atoms with E-state index in [9.17, 15) is 15.0 Å². The van der Waals surface area contributed by atoms with Crippen molar-refractivity contribution in [2.75, 3.05) is 51.0 Å². The molecule has 1 amide bonds. The minimum absolute atomic E-state index is 0.0166. The normalized spacial score (nSPS) is 26.9. The number of hydrogen-bond donors (Lipinski definition) is 3. The Morgan fingerprint density at radius 1 is 1.10 bits per heavy atom. The summed E-state index contributed by atoms with van der Waals surface area (Å²) in [5.74, 6) is -1.06. The average Bonchev–Trinajstić information content (AvgIpc) is 2.81. The summed E-state index contributed by atoms with van der Waals surface area (Å²) in [6, 6.07) is 11.1. The predicted octanol–water partition coefficient (Wildman–Crippen LogP) is 2.01. The lowest BCUT2D eigenvalue weighted by Crippen LogP contribution is -2.50. The highest BCUT2D eigenvalue weighted by molar-refractivity contribution is 5.93. The average molecular weight is 422 g/mol. The van der Waals surface area contributed by atoms with E-state index in [1.165, 1.54) is 12.1 Å². The van der Waals surface area contributed by atoms with E-state index in [4.69, 9.17) is 15.7 Å². The summed E-state index contributed by atoms with van der Waals surface area (Å²) < 4.78 is 72.9. The number of anilines is 1. The van der Waals surface area contributed by atoms with Crippen molar-refractivity contribution in [1.29, 1.82) is 0 Å². The van der Waals surface area contributed by atoms with E-state index in [0.717, 1.165) is 0 Å². The summed E-state index contributed by atoms with van der Waals surface area (Å²) in [7, 11) is 0. The summed E-state index contributed by atoms with van der Waals surface area (Å²) in [6.45, 7) is -11.7. The first-order valence-electron chi connectivity index (χ1n) is 13.4. The van der Waals surface area contributed by atoms with Gasteiger partial charge in [-0.25, -0.2) is 0 Å². The molecule has 1 aliphatic rings. The maximum Gasteiger partial charge on any atom is 0.238 e. The molecule has 0 radical (unpaired) electrons. The van der Waals surface area contributed by atoms with Gasteiger partial charge in [0.15, 0.2) is 11.5 Å². The van der Waals surface area contributed by atoms with Crippen molar-refractivity contribution in [3.63, 3.8) is 0 Å². The zero-order valence-corrected chi connectivity index (χ0v) is 16.8. The number of hydrogen-bond acceptors (Lipinski definition) is 6. The van der Waals surface area contributed by atoms with Crippen LogP contribution in [0.3, 0.4) is 0 Å². The monoisotopic (exact) mass is 421 g/mol. The van der Waals surface area contributed by atoms with Gasteiger partial charge >= 0.3 is 0 Å². The quantitative estimate of drug-likeness (QED) is 0.605. The topological polar surface area (TPSA) is 85.3 Å². The summed E-state index contributed by atoms with van der Waals surface area (Å²) >= 11 is 0. The number of benzene rings is 2. The Bertz CT molecular complexity index is 1130. The van der Waals surface area contributed by atoms with Gasteiger partial charge in [0.05, 0.1) is 6.54 Å². The molecule has 1 unspecified atom stereocenters. The lowest BCUT2D eigenvalue weighted by molar-refractivity contribution is -0.117.